The average Bonchev–Trinajstić information content (AvgIpc) is 2.80. The van der Waals surface area contributed by atoms with E-state index in [1.807, 2.05) is 13.8 Å². The quantitative estimate of drug-likeness (QED) is 0.318. The van der Waals surface area contributed by atoms with Crippen LogP contribution in [0.2, 0.25) is 0 Å². The van der Waals surface area contributed by atoms with E-state index in [-0.39, 0.29) is 11.8 Å². The largest absolute Gasteiger partial charge is 0.497 e. The van der Waals surface area contributed by atoms with Gasteiger partial charge in [-0.25, -0.2) is 5.43 Å². The van der Waals surface area contributed by atoms with Gasteiger partial charge in [-0.2, -0.15) is 5.10 Å². The van der Waals surface area contributed by atoms with Crippen molar-refractivity contribution in [3.8, 4) is 17.2 Å². The molecule has 170 valence electrons. The fourth-order valence-corrected chi connectivity index (χ4v) is 2.83. The molecule has 1 atom stereocenters. The third-order valence-electron chi connectivity index (χ3n) is 4.54. The molecule has 0 aliphatic carbocycles. The van der Waals surface area contributed by atoms with Crippen LogP contribution in [-0.2, 0) is 4.79 Å². The van der Waals surface area contributed by atoms with Crippen molar-refractivity contribution in [1.29, 1.82) is 0 Å². The van der Waals surface area contributed by atoms with E-state index in [1.54, 1.807) is 55.7 Å². The maximum Gasteiger partial charge on any atom is 0.262 e. The van der Waals surface area contributed by atoms with E-state index in [4.69, 9.17) is 14.2 Å². The number of carbonyl (C=O) groups is 2. The molecule has 8 heteroatoms. The Morgan fingerprint density at radius 1 is 1.09 bits per heavy atom. The van der Waals surface area contributed by atoms with Crippen LogP contribution in [0.4, 0.5) is 0 Å². The summed E-state index contributed by atoms with van der Waals surface area (Å²) in [7, 11) is 3.09. The van der Waals surface area contributed by atoms with Crippen molar-refractivity contribution < 1.29 is 23.8 Å². The van der Waals surface area contributed by atoms with Crippen LogP contribution in [0.25, 0.3) is 0 Å². The van der Waals surface area contributed by atoms with Gasteiger partial charge in [0.15, 0.2) is 11.5 Å². The first-order chi connectivity index (χ1) is 15.4. The Morgan fingerprint density at radius 2 is 1.81 bits per heavy atom. The first-order valence-corrected chi connectivity index (χ1v) is 10.1. The summed E-state index contributed by atoms with van der Waals surface area (Å²) in [5.41, 5.74) is 3.53. The molecule has 0 aliphatic rings. The predicted molar refractivity (Wildman–Crippen MR) is 124 cm³/mol. The first kappa shape index (κ1) is 24.5. The monoisotopic (exact) mass is 439 g/mol. The van der Waals surface area contributed by atoms with Gasteiger partial charge in [0.05, 0.1) is 20.4 Å². The molecule has 2 N–H and O–H groups in total. The van der Waals surface area contributed by atoms with Crippen LogP contribution in [0.1, 0.15) is 29.8 Å². The van der Waals surface area contributed by atoms with Crippen LogP contribution < -0.4 is 25.0 Å². The Labute approximate surface area is 188 Å². The summed E-state index contributed by atoms with van der Waals surface area (Å²) in [5.74, 6) is 0.710. The Morgan fingerprint density at radius 3 is 2.41 bits per heavy atom. The number of nitrogens with zero attached hydrogens (tertiary/aromatic N) is 1. The second kappa shape index (κ2) is 12.1. The minimum absolute atomic E-state index is 0.157. The van der Waals surface area contributed by atoms with Gasteiger partial charge in [-0.05, 0) is 42.3 Å². The molecule has 2 amide bonds. The Hall–Kier alpha value is -3.81. The van der Waals surface area contributed by atoms with Gasteiger partial charge in [0, 0.05) is 11.1 Å². The zero-order valence-electron chi connectivity index (χ0n) is 18.8. The van der Waals surface area contributed by atoms with Crippen molar-refractivity contribution in [1.82, 2.24) is 10.7 Å². The minimum Gasteiger partial charge on any atom is -0.497 e. The molecule has 0 aliphatic heterocycles. The number of para-hydroxylation sites is 1. The summed E-state index contributed by atoms with van der Waals surface area (Å²) in [6, 6.07) is 11.2. The molecule has 2 aromatic rings. The topological polar surface area (TPSA) is 98.2 Å². The van der Waals surface area contributed by atoms with Gasteiger partial charge >= 0.3 is 0 Å². The molecule has 1 unspecified atom stereocenters. The van der Waals surface area contributed by atoms with Gasteiger partial charge in [-0.3, -0.25) is 9.59 Å². The molecule has 0 heterocycles. The smallest absolute Gasteiger partial charge is 0.262 e. The molecule has 0 saturated carbocycles. The second-order valence-electron chi connectivity index (χ2n) is 7.14. The highest BCUT2D eigenvalue weighted by molar-refractivity contribution is 5.98. The zero-order chi connectivity index (χ0) is 23.5. The van der Waals surface area contributed by atoms with Crippen LogP contribution in [0.3, 0.4) is 0 Å². The molecule has 2 aromatic carbocycles. The van der Waals surface area contributed by atoms with Crippen molar-refractivity contribution in [2.24, 2.45) is 11.0 Å². The molecular weight excluding hydrogens is 410 g/mol. The van der Waals surface area contributed by atoms with Gasteiger partial charge in [-0.15, -0.1) is 0 Å². The number of ether oxygens (including phenoxy) is 3. The number of amides is 2. The predicted octanol–water partition coefficient (Wildman–Crippen LogP) is 3.17. The van der Waals surface area contributed by atoms with Crippen LogP contribution >= 0.6 is 0 Å². The molecule has 8 nitrogen and oxygen atoms in total. The molecule has 32 heavy (non-hydrogen) atoms. The van der Waals surface area contributed by atoms with Crippen molar-refractivity contribution in [2.45, 2.75) is 19.9 Å². The van der Waals surface area contributed by atoms with Crippen LogP contribution in [-0.4, -0.2) is 44.9 Å². The highest BCUT2D eigenvalue weighted by Crippen LogP contribution is 2.30. The number of hydrogen-bond acceptors (Lipinski definition) is 6. The lowest BCUT2D eigenvalue weighted by molar-refractivity contribution is -0.123. The highest BCUT2D eigenvalue weighted by Gasteiger charge is 2.24. The number of rotatable bonds is 11. The fourth-order valence-electron chi connectivity index (χ4n) is 2.83. The SMILES string of the molecule is C=CCOc1c(C=NNC(=O)C(NC(=O)c2ccc(OC)cc2)C(C)C)cccc1OC. The summed E-state index contributed by atoms with van der Waals surface area (Å²) in [6.45, 7) is 7.61. The second-order valence-corrected chi connectivity index (χ2v) is 7.14. The maximum absolute atomic E-state index is 12.7. The lowest BCUT2D eigenvalue weighted by Gasteiger charge is -2.20. The highest BCUT2D eigenvalue weighted by atomic mass is 16.5. The van der Waals surface area contributed by atoms with E-state index in [0.29, 0.717) is 35.0 Å². The first-order valence-electron chi connectivity index (χ1n) is 10.1. The molecule has 0 spiro atoms. The number of benzene rings is 2. The third-order valence-corrected chi connectivity index (χ3v) is 4.54. The Kier molecular flexibility index (Phi) is 9.28. The number of carbonyl (C=O) groups excluding carboxylic acids is 2. The Balaban J connectivity index is 2.09. The summed E-state index contributed by atoms with van der Waals surface area (Å²) in [6.07, 6.45) is 3.08. The van der Waals surface area contributed by atoms with Crippen LogP contribution in [0.5, 0.6) is 17.2 Å². The molecule has 0 aromatic heterocycles. The van der Waals surface area contributed by atoms with E-state index in [1.165, 1.54) is 13.3 Å². The van der Waals surface area contributed by atoms with E-state index < -0.39 is 11.9 Å². The number of hydrogen-bond donors (Lipinski definition) is 2. The lowest BCUT2D eigenvalue weighted by atomic mass is 10.0. The third kappa shape index (κ3) is 6.60. The lowest BCUT2D eigenvalue weighted by Crippen LogP contribution is -2.48. The molecule has 2 rings (SSSR count). The van der Waals surface area contributed by atoms with Crippen molar-refractivity contribution in [3.05, 3.63) is 66.2 Å². The van der Waals surface area contributed by atoms with E-state index >= 15 is 0 Å². The van der Waals surface area contributed by atoms with Gasteiger partial charge in [0.25, 0.3) is 11.8 Å². The summed E-state index contributed by atoms with van der Waals surface area (Å²) in [5, 5.41) is 6.79. The molecule has 0 fully saturated rings. The zero-order valence-corrected chi connectivity index (χ0v) is 18.8. The normalized spacial score (nSPS) is 11.7. The van der Waals surface area contributed by atoms with Gasteiger partial charge in [-0.1, -0.05) is 32.6 Å². The van der Waals surface area contributed by atoms with Gasteiger partial charge in [0.2, 0.25) is 0 Å². The van der Waals surface area contributed by atoms with Crippen molar-refractivity contribution in [3.63, 3.8) is 0 Å². The molecule has 0 radical (unpaired) electrons. The summed E-state index contributed by atoms with van der Waals surface area (Å²) >= 11 is 0. The van der Waals surface area contributed by atoms with Crippen molar-refractivity contribution >= 4 is 18.0 Å². The fraction of sp³-hybridized carbons (Fsp3) is 0.292. The van der Waals surface area contributed by atoms with Gasteiger partial charge in [0.1, 0.15) is 18.4 Å². The minimum atomic E-state index is -0.774. The Bertz CT molecular complexity index is 955. The molecular formula is C24H29N3O5. The number of methoxy groups -OCH3 is 2. The number of hydrazone groups is 1. The van der Waals surface area contributed by atoms with E-state index in [9.17, 15) is 9.59 Å². The van der Waals surface area contributed by atoms with E-state index in [0.717, 1.165) is 0 Å². The van der Waals surface area contributed by atoms with Crippen molar-refractivity contribution in [2.75, 3.05) is 20.8 Å². The standard InChI is InChI=1S/C24H29N3O5/c1-6-14-32-22-18(8-7-9-20(22)31-5)15-25-27-24(29)21(16(2)3)26-23(28)17-10-12-19(30-4)13-11-17/h6-13,15-16,21H,1,14H2,2-5H3,(H,26,28)(H,27,29). The summed E-state index contributed by atoms with van der Waals surface area (Å²) < 4.78 is 16.1. The van der Waals surface area contributed by atoms with Crippen LogP contribution in [0.15, 0.2) is 60.2 Å². The number of nitrogens with one attached hydrogen (secondary N) is 2. The molecule has 0 saturated heterocycles. The molecule has 0 bridgehead atoms. The average molecular weight is 440 g/mol. The van der Waals surface area contributed by atoms with E-state index in [2.05, 4.69) is 22.4 Å². The van der Waals surface area contributed by atoms with Crippen LogP contribution in [0, 0.1) is 5.92 Å². The van der Waals surface area contributed by atoms with Gasteiger partial charge < -0.3 is 19.5 Å². The summed E-state index contributed by atoms with van der Waals surface area (Å²) in [4.78, 5) is 25.3. The maximum atomic E-state index is 12.7.